The minimum absolute atomic E-state index is 0.00479. The fourth-order valence-electron chi connectivity index (χ4n) is 4.12. The van der Waals surface area contributed by atoms with Crippen LogP contribution in [0.5, 0.6) is 0 Å². The van der Waals surface area contributed by atoms with Gasteiger partial charge in [-0.1, -0.05) is 60.7 Å². The molecular formula is C24H24O5. The summed E-state index contributed by atoms with van der Waals surface area (Å²) in [7, 11) is 1.33. The number of rotatable bonds is 5. The lowest BCUT2D eigenvalue weighted by molar-refractivity contribution is -0.215. The van der Waals surface area contributed by atoms with Gasteiger partial charge in [-0.3, -0.25) is 4.79 Å². The van der Waals surface area contributed by atoms with Crippen LogP contribution in [-0.2, 0) is 19.0 Å². The van der Waals surface area contributed by atoms with Crippen LogP contribution in [0.4, 0.5) is 0 Å². The zero-order valence-corrected chi connectivity index (χ0v) is 16.3. The van der Waals surface area contributed by atoms with Crippen LogP contribution in [0.2, 0.25) is 0 Å². The van der Waals surface area contributed by atoms with Crippen molar-refractivity contribution in [2.45, 2.75) is 37.6 Å². The molecule has 0 bridgehead atoms. The summed E-state index contributed by atoms with van der Waals surface area (Å²) in [5.41, 5.74) is 1.79. The minimum atomic E-state index is -0.582. The van der Waals surface area contributed by atoms with Crippen LogP contribution in [-0.4, -0.2) is 31.3 Å². The van der Waals surface area contributed by atoms with E-state index in [1.54, 1.807) is 0 Å². The highest BCUT2D eigenvalue weighted by atomic mass is 16.7. The number of Topliss-reactive ketones (excluding diaryl/α,β-unsaturated/α-hetero) is 1. The van der Waals surface area contributed by atoms with Gasteiger partial charge in [0.1, 0.15) is 0 Å². The van der Waals surface area contributed by atoms with Crippen molar-refractivity contribution in [1.82, 2.24) is 0 Å². The van der Waals surface area contributed by atoms with Crippen molar-refractivity contribution in [3.8, 4) is 0 Å². The molecule has 2 aromatic rings. The molecule has 0 unspecified atom stereocenters. The summed E-state index contributed by atoms with van der Waals surface area (Å²) in [6.45, 7) is 0. The second-order valence-corrected chi connectivity index (χ2v) is 7.44. The molecule has 4 atom stereocenters. The third kappa shape index (κ3) is 4.25. The van der Waals surface area contributed by atoms with Crippen LogP contribution < -0.4 is 0 Å². The van der Waals surface area contributed by atoms with E-state index >= 15 is 0 Å². The Bertz CT molecular complexity index is 890. The molecule has 0 radical (unpaired) electrons. The number of allylic oxidation sites excluding steroid dienone is 1. The average Bonchev–Trinajstić information content (AvgIpc) is 2.78. The Balaban J connectivity index is 1.52. The summed E-state index contributed by atoms with van der Waals surface area (Å²) in [5.74, 6) is -0.231. The molecule has 0 aliphatic carbocycles. The van der Waals surface area contributed by atoms with E-state index in [1.807, 2.05) is 66.7 Å². The van der Waals surface area contributed by atoms with Crippen LogP contribution in [0.15, 0.2) is 72.5 Å². The molecule has 2 heterocycles. The van der Waals surface area contributed by atoms with Crippen LogP contribution in [0.1, 0.15) is 41.1 Å². The van der Waals surface area contributed by atoms with Crippen molar-refractivity contribution < 1.29 is 23.8 Å². The molecule has 0 amide bonds. The molecule has 0 N–H and O–H groups in total. The number of benzene rings is 2. The van der Waals surface area contributed by atoms with Gasteiger partial charge in [0.2, 0.25) is 12.0 Å². The fourth-order valence-corrected chi connectivity index (χ4v) is 4.12. The van der Waals surface area contributed by atoms with E-state index in [1.165, 1.54) is 7.11 Å². The van der Waals surface area contributed by atoms with E-state index in [2.05, 4.69) is 0 Å². The van der Waals surface area contributed by atoms with Crippen molar-refractivity contribution in [3.63, 3.8) is 0 Å². The first-order valence-electron chi connectivity index (χ1n) is 9.91. The van der Waals surface area contributed by atoms with E-state index in [4.69, 9.17) is 14.2 Å². The maximum atomic E-state index is 12.6. The first-order chi connectivity index (χ1) is 14.2. The quantitative estimate of drug-likeness (QED) is 0.562. The number of ketones is 1. The average molecular weight is 392 g/mol. The fraction of sp³-hybridized carbons (Fsp3) is 0.333. The molecule has 2 aliphatic heterocycles. The van der Waals surface area contributed by atoms with Gasteiger partial charge in [0, 0.05) is 23.8 Å². The standard InChI is InChI=1S/C24H24O5/c1-27-23(26)22-15-20(16-8-4-2-5-9-16)19-13-12-18(28-24(19)29-22)14-21(25)17-10-6-3-7-11-17/h2-11,15,18-20,24H,12-14H2,1H3/t18-,19-,20-,24+/m1/s1. The number of hydrogen-bond acceptors (Lipinski definition) is 5. The molecule has 150 valence electrons. The number of methoxy groups -OCH3 is 1. The van der Waals surface area contributed by atoms with Gasteiger partial charge in [0.05, 0.1) is 13.2 Å². The van der Waals surface area contributed by atoms with Gasteiger partial charge in [0.15, 0.2) is 5.78 Å². The van der Waals surface area contributed by atoms with Crippen LogP contribution >= 0.6 is 0 Å². The largest absolute Gasteiger partial charge is 0.463 e. The Morgan fingerprint density at radius 1 is 1.00 bits per heavy atom. The highest BCUT2D eigenvalue weighted by molar-refractivity contribution is 5.96. The Hall–Kier alpha value is -2.92. The lowest BCUT2D eigenvalue weighted by Gasteiger charge is -2.42. The second-order valence-electron chi connectivity index (χ2n) is 7.44. The number of esters is 1. The third-order valence-electron chi connectivity index (χ3n) is 5.61. The molecule has 1 saturated heterocycles. The smallest absolute Gasteiger partial charge is 0.373 e. The molecule has 5 nitrogen and oxygen atoms in total. The number of ether oxygens (including phenoxy) is 3. The summed E-state index contributed by atoms with van der Waals surface area (Å²) in [6.07, 6.45) is 2.93. The monoisotopic (exact) mass is 392 g/mol. The molecule has 29 heavy (non-hydrogen) atoms. The molecular weight excluding hydrogens is 368 g/mol. The Morgan fingerprint density at radius 3 is 2.38 bits per heavy atom. The molecule has 0 spiro atoms. The molecule has 2 aromatic carbocycles. The number of fused-ring (bicyclic) bond motifs is 1. The van der Waals surface area contributed by atoms with Crippen molar-refractivity contribution >= 4 is 11.8 Å². The van der Waals surface area contributed by atoms with E-state index < -0.39 is 12.3 Å². The van der Waals surface area contributed by atoms with Gasteiger partial charge in [-0.15, -0.1) is 0 Å². The summed E-state index contributed by atoms with van der Waals surface area (Å²) >= 11 is 0. The molecule has 1 fully saturated rings. The molecule has 2 aliphatic rings. The van der Waals surface area contributed by atoms with Gasteiger partial charge in [-0.05, 0) is 24.5 Å². The lowest BCUT2D eigenvalue weighted by atomic mass is 9.78. The van der Waals surface area contributed by atoms with Crippen molar-refractivity contribution in [1.29, 1.82) is 0 Å². The predicted octanol–water partition coefficient (Wildman–Crippen LogP) is 4.25. The first-order valence-corrected chi connectivity index (χ1v) is 9.91. The summed E-state index contributed by atoms with van der Waals surface area (Å²) in [5, 5.41) is 0. The van der Waals surface area contributed by atoms with Gasteiger partial charge in [-0.25, -0.2) is 4.79 Å². The van der Waals surface area contributed by atoms with E-state index in [0.29, 0.717) is 12.0 Å². The predicted molar refractivity (Wildman–Crippen MR) is 107 cm³/mol. The Kier molecular flexibility index (Phi) is 5.76. The van der Waals surface area contributed by atoms with Gasteiger partial charge >= 0.3 is 5.97 Å². The van der Waals surface area contributed by atoms with Crippen molar-refractivity contribution in [2.75, 3.05) is 7.11 Å². The zero-order valence-electron chi connectivity index (χ0n) is 16.3. The molecule has 5 heteroatoms. The minimum Gasteiger partial charge on any atom is -0.463 e. The number of carbonyl (C=O) groups is 2. The molecule has 4 rings (SSSR count). The van der Waals surface area contributed by atoms with Crippen molar-refractivity contribution in [3.05, 3.63) is 83.6 Å². The first kappa shape index (κ1) is 19.4. The molecule has 0 saturated carbocycles. The highest BCUT2D eigenvalue weighted by Gasteiger charge is 2.42. The maximum absolute atomic E-state index is 12.6. The second kappa shape index (κ2) is 8.62. The zero-order chi connectivity index (χ0) is 20.2. The number of hydrogen-bond donors (Lipinski definition) is 0. The Morgan fingerprint density at radius 2 is 1.69 bits per heavy atom. The van der Waals surface area contributed by atoms with Crippen LogP contribution in [0.25, 0.3) is 0 Å². The summed E-state index contributed by atoms with van der Waals surface area (Å²) in [4.78, 5) is 24.7. The van der Waals surface area contributed by atoms with Crippen LogP contribution in [0, 0.1) is 5.92 Å². The SMILES string of the molecule is COC(=O)C1=C[C@H](c2ccccc2)[C@H]2CC[C@H](CC(=O)c3ccccc3)O[C@H]2O1. The van der Waals surface area contributed by atoms with Crippen molar-refractivity contribution in [2.24, 2.45) is 5.92 Å². The number of carbonyl (C=O) groups excluding carboxylic acids is 2. The van der Waals surface area contributed by atoms with E-state index in [-0.39, 0.29) is 29.5 Å². The van der Waals surface area contributed by atoms with Gasteiger partial charge in [0.25, 0.3) is 0 Å². The topological polar surface area (TPSA) is 61.8 Å². The molecule has 0 aromatic heterocycles. The van der Waals surface area contributed by atoms with E-state index in [9.17, 15) is 9.59 Å². The van der Waals surface area contributed by atoms with Crippen LogP contribution in [0.3, 0.4) is 0 Å². The highest BCUT2D eigenvalue weighted by Crippen LogP contribution is 2.43. The Labute approximate surface area is 170 Å². The third-order valence-corrected chi connectivity index (χ3v) is 5.61. The van der Waals surface area contributed by atoms with Gasteiger partial charge < -0.3 is 14.2 Å². The van der Waals surface area contributed by atoms with Gasteiger partial charge in [-0.2, -0.15) is 0 Å². The lowest BCUT2D eigenvalue weighted by Crippen LogP contribution is -2.43. The summed E-state index contributed by atoms with van der Waals surface area (Å²) in [6, 6.07) is 19.2. The normalized spacial score (nSPS) is 25.9. The summed E-state index contributed by atoms with van der Waals surface area (Å²) < 4.78 is 16.9. The maximum Gasteiger partial charge on any atom is 0.373 e. The van der Waals surface area contributed by atoms with E-state index in [0.717, 1.165) is 18.4 Å².